The van der Waals surface area contributed by atoms with Gasteiger partial charge in [0.05, 0.1) is 6.42 Å². The number of aliphatic hydroxyl groups is 2. The topological polar surface area (TPSA) is 152 Å². The normalized spacial score (nSPS) is 15.6. The first-order valence-electron chi connectivity index (χ1n) is 3.30. The molecule has 9 heteroatoms. The van der Waals surface area contributed by atoms with Gasteiger partial charge in [-0.15, -0.1) is 0 Å². The molecule has 0 saturated heterocycles. The first-order chi connectivity index (χ1) is 6.21. The number of hydrogen-bond acceptors (Lipinski definition) is 5. The van der Waals surface area contributed by atoms with E-state index in [9.17, 15) is 14.4 Å². The summed E-state index contributed by atoms with van der Waals surface area (Å²) in [7, 11) is 0. The van der Waals surface area contributed by atoms with Gasteiger partial charge in [-0.25, -0.2) is 9.59 Å². The van der Waals surface area contributed by atoms with Crippen molar-refractivity contribution in [3.05, 3.63) is 0 Å². The van der Waals surface area contributed by atoms with Crippen LogP contribution >= 0.6 is 0 Å². The molecule has 15 heavy (non-hydrogen) atoms. The second-order valence-corrected chi connectivity index (χ2v) is 2.54. The second kappa shape index (κ2) is 6.03. The Morgan fingerprint density at radius 1 is 1.20 bits per heavy atom. The predicted molar refractivity (Wildman–Crippen MR) is 39.6 cm³/mol. The van der Waals surface area contributed by atoms with Gasteiger partial charge in [-0.2, -0.15) is 0 Å². The van der Waals surface area contributed by atoms with Gasteiger partial charge in [0, 0.05) is 0 Å². The van der Waals surface area contributed by atoms with Crippen LogP contribution in [0.5, 0.6) is 0 Å². The Morgan fingerprint density at radius 2 is 1.60 bits per heavy atom. The maximum absolute atomic E-state index is 10.4. The summed E-state index contributed by atoms with van der Waals surface area (Å²) in [6.07, 6.45) is -4.11. The molecule has 8 nitrogen and oxygen atoms in total. The molecule has 0 aliphatic rings. The minimum atomic E-state index is -3.22. The minimum absolute atomic E-state index is 0. The Balaban J connectivity index is -0.000000845. The van der Waals surface area contributed by atoms with E-state index in [-0.39, 0.29) is 31.0 Å². The number of carboxylic acids is 3. The molecule has 5 N–H and O–H groups in total. The van der Waals surface area contributed by atoms with Gasteiger partial charge >= 0.3 is 47.5 Å². The molecule has 0 spiro atoms. The minimum Gasteiger partial charge on any atom is -1.00 e. The van der Waals surface area contributed by atoms with Crippen LogP contribution in [0.2, 0.25) is 0 Å². The maximum Gasteiger partial charge on any atom is 1.00 e. The van der Waals surface area contributed by atoms with Gasteiger partial charge < -0.3 is 27.0 Å². The first kappa shape index (κ1) is 16.7. The number of aliphatic carboxylic acids is 3. The molecule has 0 rings (SSSR count). The Labute approximate surface area is 107 Å². The van der Waals surface area contributed by atoms with Crippen LogP contribution in [-0.4, -0.2) is 55.1 Å². The Morgan fingerprint density at radius 3 is 1.80 bits per heavy atom. The summed E-state index contributed by atoms with van der Waals surface area (Å²) in [6.45, 7) is 0. The largest absolute Gasteiger partial charge is 1.00 e. The quantitative estimate of drug-likeness (QED) is 0.295. The third kappa shape index (κ3) is 4.14. The number of rotatable bonds is 5. The van der Waals surface area contributed by atoms with E-state index in [4.69, 9.17) is 25.5 Å². The molecule has 0 aliphatic heterocycles. The fraction of sp³-hybridized carbons (Fsp3) is 0.500. The summed E-state index contributed by atoms with van der Waals surface area (Å²) >= 11 is 0. The molecule has 0 aromatic heterocycles. The molecule has 0 saturated carbocycles. The standard InChI is InChI=1S/C6H8O8.Na.H/c7-2(8)1-6(14,5(12)13)3(9)4(10)11;;/h3,9,14H,1H2,(H,7,8)(H,10,11)(H,12,13);;/q;+1;-1. The molecule has 0 amide bonds. The van der Waals surface area contributed by atoms with Crippen LogP contribution in [-0.2, 0) is 14.4 Å². The molecule has 0 heterocycles. The van der Waals surface area contributed by atoms with Crippen LogP contribution in [0.15, 0.2) is 0 Å². The van der Waals surface area contributed by atoms with Crippen LogP contribution < -0.4 is 29.6 Å². The van der Waals surface area contributed by atoms with Gasteiger partial charge in [0.2, 0.25) is 5.60 Å². The third-order valence-electron chi connectivity index (χ3n) is 1.48. The van der Waals surface area contributed by atoms with E-state index in [1.807, 2.05) is 0 Å². The molecule has 82 valence electrons. The van der Waals surface area contributed by atoms with Gasteiger partial charge in [-0.05, 0) is 0 Å². The van der Waals surface area contributed by atoms with E-state index < -0.39 is 36.0 Å². The van der Waals surface area contributed by atoms with Crippen molar-refractivity contribution in [3.8, 4) is 0 Å². The molecule has 0 aliphatic carbocycles. The van der Waals surface area contributed by atoms with Gasteiger partial charge in [0.15, 0.2) is 6.10 Å². The summed E-state index contributed by atoms with van der Waals surface area (Å²) in [5.74, 6) is -5.87. The summed E-state index contributed by atoms with van der Waals surface area (Å²) < 4.78 is 0. The molecule has 0 fully saturated rings. The summed E-state index contributed by atoms with van der Waals surface area (Å²) in [4.78, 5) is 30.7. The van der Waals surface area contributed by atoms with Crippen molar-refractivity contribution < 1.29 is 70.9 Å². The zero-order valence-corrected chi connectivity index (χ0v) is 9.75. The van der Waals surface area contributed by atoms with Crippen LogP contribution in [0.4, 0.5) is 0 Å². The van der Waals surface area contributed by atoms with E-state index in [2.05, 4.69) is 0 Å². The van der Waals surface area contributed by atoms with Crippen molar-refractivity contribution >= 4 is 17.9 Å². The third-order valence-corrected chi connectivity index (χ3v) is 1.48. The maximum atomic E-state index is 10.4. The molecule has 0 aromatic rings. The van der Waals surface area contributed by atoms with Crippen LogP contribution in [0, 0.1) is 0 Å². The van der Waals surface area contributed by atoms with E-state index in [1.54, 1.807) is 0 Å². The van der Waals surface area contributed by atoms with Crippen molar-refractivity contribution in [1.29, 1.82) is 0 Å². The summed E-state index contributed by atoms with van der Waals surface area (Å²) in [5, 5.41) is 42.6. The SMILES string of the molecule is O=C(O)CC(O)(C(=O)O)C(O)C(=O)O.[H-].[Na+]. The zero-order valence-electron chi connectivity index (χ0n) is 8.75. The Kier molecular flexibility index (Phi) is 6.73. The fourth-order valence-electron chi connectivity index (χ4n) is 0.724. The van der Waals surface area contributed by atoms with Crippen molar-refractivity contribution in [2.75, 3.05) is 0 Å². The number of aliphatic hydroxyl groups excluding tert-OH is 1. The predicted octanol–water partition coefficient (Wildman–Crippen LogP) is -5.16. The van der Waals surface area contributed by atoms with Crippen molar-refractivity contribution in [3.63, 3.8) is 0 Å². The molecular weight excluding hydrogens is 223 g/mol. The Bertz CT molecular complexity index is 282. The average molecular weight is 232 g/mol. The average Bonchev–Trinajstić information content (AvgIpc) is 2.00. The van der Waals surface area contributed by atoms with E-state index in [0.29, 0.717) is 0 Å². The van der Waals surface area contributed by atoms with Gasteiger partial charge in [0.25, 0.3) is 0 Å². The van der Waals surface area contributed by atoms with E-state index in [0.717, 1.165) is 0 Å². The van der Waals surface area contributed by atoms with Crippen LogP contribution in [0.25, 0.3) is 0 Å². The van der Waals surface area contributed by atoms with E-state index in [1.165, 1.54) is 0 Å². The molecule has 0 radical (unpaired) electrons. The van der Waals surface area contributed by atoms with Crippen molar-refractivity contribution in [2.24, 2.45) is 0 Å². The number of carboxylic acid groups (broad SMARTS) is 3. The summed E-state index contributed by atoms with van der Waals surface area (Å²) in [6, 6.07) is 0. The van der Waals surface area contributed by atoms with E-state index >= 15 is 0 Å². The Hall–Kier alpha value is -0.670. The molecular formula is C6H9NaO8. The molecule has 0 aromatic carbocycles. The monoisotopic (exact) mass is 232 g/mol. The van der Waals surface area contributed by atoms with Gasteiger partial charge in [-0.3, -0.25) is 4.79 Å². The van der Waals surface area contributed by atoms with Crippen LogP contribution in [0.1, 0.15) is 7.85 Å². The fourth-order valence-corrected chi connectivity index (χ4v) is 0.724. The van der Waals surface area contributed by atoms with Crippen molar-refractivity contribution in [2.45, 2.75) is 18.1 Å². The van der Waals surface area contributed by atoms with Crippen LogP contribution in [0.3, 0.4) is 0 Å². The second-order valence-electron chi connectivity index (χ2n) is 2.54. The smallest absolute Gasteiger partial charge is 1.00 e. The van der Waals surface area contributed by atoms with Gasteiger partial charge in [-0.1, -0.05) is 0 Å². The van der Waals surface area contributed by atoms with Gasteiger partial charge in [0.1, 0.15) is 0 Å². The number of carbonyl (C=O) groups is 3. The number of hydrogen-bond donors (Lipinski definition) is 5. The van der Waals surface area contributed by atoms with Crippen molar-refractivity contribution in [1.82, 2.24) is 0 Å². The zero-order chi connectivity index (χ0) is 11.5. The summed E-state index contributed by atoms with van der Waals surface area (Å²) in [5.41, 5.74) is -3.22. The molecule has 0 bridgehead atoms. The molecule has 2 unspecified atom stereocenters. The first-order valence-corrected chi connectivity index (χ1v) is 3.30. The molecule has 2 atom stereocenters.